The Hall–Kier alpha value is -2.65. The van der Waals surface area contributed by atoms with Crippen molar-refractivity contribution in [3.63, 3.8) is 0 Å². The molecule has 0 atom stereocenters. The maximum Gasteiger partial charge on any atom is 0.348 e. The summed E-state index contributed by atoms with van der Waals surface area (Å²) in [4.78, 5) is 34.5. The lowest BCUT2D eigenvalue weighted by Gasteiger charge is -2.29. The van der Waals surface area contributed by atoms with Crippen LogP contribution in [0.4, 0.5) is 10.8 Å². The molecule has 3 heterocycles. The van der Waals surface area contributed by atoms with Gasteiger partial charge in [0.25, 0.3) is 5.91 Å². The summed E-state index contributed by atoms with van der Waals surface area (Å²) < 4.78 is 11.5. The molecule has 0 saturated carbocycles. The quantitative estimate of drug-likeness (QED) is 0.575. The number of thiophene rings is 1. The standard InChI is InChI=1S/C20H21N3O4S2/c1-22(2)20-21-18-15(29-20)10-16(28-18)19(25)27-11-17(24)23-8-4-5-12-9-13(26-3)6-7-14(12)23/h6-7,9-10H,4-5,8,11H2,1-3H3. The molecule has 0 fully saturated rings. The first-order valence-electron chi connectivity index (χ1n) is 9.18. The topological polar surface area (TPSA) is 72.0 Å². The van der Waals surface area contributed by atoms with Gasteiger partial charge in [0.15, 0.2) is 11.7 Å². The molecule has 9 heteroatoms. The highest BCUT2D eigenvalue weighted by atomic mass is 32.1. The van der Waals surface area contributed by atoms with Crippen molar-refractivity contribution in [2.45, 2.75) is 12.8 Å². The second-order valence-electron chi connectivity index (χ2n) is 6.89. The molecule has 0 bridgehead atoms. The van der Waals surface area contributed by atoms with E-state index in [-0.39, 0.29) is 12.5 Å². The molecule has 0 saturated heterocycles. The van der Waals surface area contributed by atoms with E-state index in [9.17, 15) is 9.59 Å². The Labute approximate surface area is 176 Å². The fourth-order valence-electron chi connectivity index (χ4n) is 3.25. The molecular formula is C20H21N3O4S2. The Balaban J connectivity index is 1.42. The predicted molar refractivity (Wildman–Crippen MR) is 116 cm³/mol. The molecule has 152 valence electrons. The average molecular weight is 432 g/mol. The summed E-state index contributed by atoms with van der Waals surface area (Å²) in [5.41, 5.74) is 1.92. The normalized spacial score (nSPS) is 13.3. The zero-order chi connectivity index (χ0) is 20.5. The van der Waals surface area contributed by atoms with E-state index in [1.165, 1.54) is 22.7 Å². The number of aromatic nitrogens is 1. The second-order valence-corrected chi connectivity index (χ2v) is 8.93. The molecule has 29 heavy (non-hydrogen) atoms. The third kappa shape index (κ3) is 3.92. The largest absolute Gasteiger partial charge is 0.497 e. The summed E-state index contributed by atoms with van der Waals surface area (Å²) in [6.07, 6.45) is 1.75. The van der Waals surface area contributed by atoms with Gasteiger partial charge in [-0.25, -0.2) is 9.78 Å². The van der Waals surface area contributed by atoms with Crippen molar-refractivity contribution in [3.05, 3.63) is 34.7 Å². The molecule has 0 spiro atoms. The van der Waals surface area contributed by atoms with E-state index in [2.05, 4.69) is 4.98 Å². The molecule has 0 N–H and O–H groups in total. The van der Waals surface area contributed by atoms with Crippen molar-refractivity contribution in [2.24, 2.45) is 0 Å². The number of ether oxygens (including phenoxy) is 2. The molecule has 4 rings (SSSR count). The number of anilines is 2. The van der Waals surface area contributed by atoms with Gasteiger partial charge >= 0.3 is 5.97 Å². The van der Waals surface area contributed by atoms with E-state index in [4.69, 9.17) is 9.47 Å². The van der Waals surface area contributed by atoms with E-state index in [1.807, 2.05) is 37.2 Å². The zero-order valence-corrected chi connectivity index (χ0v) is 18.1. The van der Waals surface area contributed by atoms with Crippen LogP contribution in [0.25, 0.3) is 9.53 Å². The van der Waals surface area contributed by atoms with Crippen LogP contribution in [-0.2, 0) is 16.0 Å². The Morgan fingerprint density at radius 2 is 2.07 bits per heavy atom. The number of hydrogen-bond donors (Lipinski definition) is 0. The van der Waals surface area contributed by atoms with E-state index >= 15 is 0 Å². The number of rotatable bonds is 5. The first-order chi connectivity index (χ1) is 14.0. The molecule has 3 aromatic rings. The minimum absolute atomic E-state index is 0.226. The molecule has 0 aliphatic carbocycles. The minimum Gasteiger partial charge on any atom is -0.497 e. The number of benzene rings is 1. The van der Waals surface area contributed by atoms with E-state index in [0.29, 0.717) is 11.4 Å². The van der Waals surface area contributed by atoms with Crippen LogP contribution in [0.15, 0.2) is 24.3 Å². The number of thiazole rings is 1. The fraction of sp³-hybridized carbons (Fsp3) is 0.350. The SMILES string of the molecule is COc1ccc2c(c1)CCCN2C(=O)COC(=O)c1cc2sc(N(C)C)nc2s1. The molecule has 0 unspecified atom stereocenters. The van der Waals surface area contributed by atoms with Crippen LogP contribution in [0.2, 0.25) is 0 Å². The van der Waals surface area contributed by atoms with Crippen LogP contribution >= 0.6 is 22.7 Å². The van der Waals surface area contributed by atoms with Gasteiger partial charge in [-0.05, 0) is 42.7 Å². The highest BCUT2D eigenvalue weighted by molar-refractivity contribution is 7.29. The Bertz CT molecular complexity index is 1040. The third-order valence-corrected chi connectivity index (χ3v) is 7.00. The highest BCUT2D eigenvalue weighted by Gasteiger charge is 2.24. The van der Waals surface area contributed by atoms with Gasteiger partial charge in [0.1, 0.15) is 15.5 Å². The highest BCUT2D eigenvalue weighted by Crippen LogP contribution is 2.34. The maximum absolute atomic E-state index is 12.7. The van der Waals surface area contributed by atoms with E-state index in [1.54, 1.807) is 18.1 Å². The Kier molecular flexibility index (Phi) is 5.42. The number of methoxy groups -OCH3 is 1. The van der Waals surface area contributed by atoms with Gasteiger partial charge < -0.3 is 19.3 Å². The van der Waals surface area contributed by atoms with Gasteiger partial charge in [0.05, 0.1) is 11.8 Å². The van der Waals surface area contributed by atoms with Crippen LogP contribution in [0.1, 0.15) is 21.7 Å². The molecule has 2 aromatic heterocycles. The van der Waals surface area contributed by atoms with Crippen LogP contribution in [0.3, 0.4) is 0 Å². The molecule has 1 amide bonds. The number of carbonyl (C=O) groups is 2. The summed E-state index contributed by atoms with van der Waals surface area (Å²) in [5.74, 6) is 0.0518. The van der Waals surface area contributed by atoms with Crippen LogP contribution < -0.4 is 14.5 Å². The molecule has 1 aromatic carbocycles. The molecule has 7 nitrogen and oxygen atoms in total. The van der Waals surface area contributed by atoms with E-state index in [0.717, 1.165) is 44.5 Å². The zero-order valence-electron chi connectivity index (χ0n) is 16.4. The number of aryl methyl sites for hydroxylation is 1. The van der Waals surface area contributed by atoms with Gasteiger partial charge in [0.2, 0.25) is 0 Å². The van der Waals surface area contributed by atoms with Gasteiger partial charge in [-0.15, -0.1) is 11.3 Å². The number of nitrogens with zero attached hydrogens (tertiary/aromatic N) is 3. The number of hydrogen-bond acceptors (Lipinski definition) is 8. The minimum atomic E-state index is -0.494. The lowest BCUT2D eigenvalue weighted by molar-refractivity contribution is -0.121. The maximum atomic E-state index is 12.7. The van der Waals surface area contributed by atoms with Gasteiger partial charge in [-0.2, -0.15) is 0 Å². The van der Waals surface area contributed by atoms with Crippen molar-refractivity contribution in [3.8, 4) is 5.75 Å². The summed E-state index contributed by atoms with van der Waals surface area (Å²) >= 11 is 2.80. The van der Waals surface area contributed by atoms with Gasteiger partial charge in [-0.1, -0.05) is 11.3 Å². The summed E-state index contributed by atoms with van der Waals surface area (Å²) in [5, 5.41) is 0.890. The lowest BCUT2D eigenvalue weighted by Crippen LogP contribution is -2.38. The van der Waals surface area contributed by atoms with E-state index < -0.39 is 5.97 Å². The molecule has 1 aliphatic heterocycles. The van der Waals surface area contributed by atoms with Gasteiger partial charge in [-0.3, -0.25) is 4.79 Å². The Morgan fingerprint density at radius 1 is 1.24 bits per heavy atom. The number of fused-ring (bicyclic) bond motifs is 2. The average Bonchev–Trinajstić information content (AvgIpc) is 3.30. The summed E-state index contributed by atoms with van der Waals surface area (Å²) in [6.45, 7) is 0.327. The lowest BCUT2D eigenvalue weighted by atomic mass is 10.0. The first kappa shape index (κ1) is 19.7. The van der Waals surface area contributed by atoms with Crippen molar-refractivity contribution in [1.82, 2.24) is 4.98 Å². The smallest absolute Gasteiger partial charge is 0.348 e. The van der Waals surface area contributed by atoms with Crippen molar-refractivity contribution >= 4 is 54.9 Å². The van der Waals surface area contributed by atoms with Crippen molar-refractivity contribution < 1.29 is 19.1 Å². The summed E-state index contributed by atoms with van der Waals surface area (Å²) in [6, 6.07) is 7.45. The number of carbonyl (C=O) groups excluding carboxylic acids is 2. The second kappa shape index (κ2) is 8.00. The number of amides is 1. The van der Waals surface area contributed by atoms with Gasteiger partial charge in [0, 0.05) is 26.3 Å². The number of esters is 1. The Morgan fingerprint density at radius 3 is 2.79 bits per heavy atom. The van der Waals surface area contributed by atoms with Crippen LogP contribution in [-0.4, -0.2) is 51.2 Å². The summed E-state index contributed by atoms with van der Waals surface area (Å²) in [7, 11) is 5.48. The third-order valence-electron chi connectivity index (χ3n) is 4.69. The monoisotopic (exact) mass is 431 g/mol. The van der Waals surface area contributed by atoms with Crippen molar-refractivity contribution in [1.29, 1.82) is 0 Å². The predicted octanol–water partition coefficient (Wildman–Crippen LogP) is 3.57. The molecule has 0 radical (unpaired) electrons. The van der Waals surface area contributed by atoms with Crippen molar-refractivity contribution in [2.75, 3.05) is 44.2 Å². The fourth-order valence-corrected chi connectivity index (χ4v) is 5.28. The molecule has 1 aliphatic rings. The van der Waals surface area contributed by atoms with Crippen LogP contribution in [0.5, 0.6) is 5.75 Å². The van der Waals surface area contributed by atoms with Crippen LogP contribution in [0, 0.1) is 0 Å². The first-order valence-corrected chi connectivity index (χ1v) is 10.8. The molecular weight excluding hydrogens is 410 g/mol.